The summed E-state index contributed by atoms with van der Waals surface area (Å²) < 4.78 is 17.7. The summed E-state index contributed by atoms with van der Waals surface area (Å²) in [5.74, 6) is 1.07. The number of benzene rings is 2. The van der Waals surface area contributed by atoms with Crippen LogP contribution in [0.1, 0.15) is 28.4 Å². The van der Waals surface area contributed by atoms with Gasteiger partial charge in [-0.2, -0.15) is 0 Å². The van der Waals surface area contributed by atoms with Crippen molar-refractivity contribution in [1.29, 1.82) is 0 Å². The second kappa shape index (κ2) is 12.1. The molecule has 0 aliphatic carbocycles. The van der Waals surface area contributed by atoms with Crippen molar-refractivity contribution < 1.29 is 23.8 Å². The van der Waals surface area contributed by atoms with Crippen LogP contribution in [0.15, 0.2) is 60.8 Å². The zero-order chi connectivity index (χ0) is 27.1. The van der Waals surface area contributed by atoms with Gasteiger partial charge in [-0.3, -0.25) is 14.0 Å². The molecule has 4 aromatic rings. The van der Waals surface area contributed by atoms with Gasteiger partial charge in [0.2, 0.25) is 0 Å². The lowest BCUT2D eigenvalue weighted by molar-refractivity contribution is -0.140. The molecule has 0 radical (unpaired) electrons. The summed E-state index contributed by atoms with van der Waals surface area (Å²) in [5.41, 5.74) is 9.97. The van der Waals surface area contributed by atoms with Gasteiger partial charge in [-0.05, 0) is 48.4 Å². The molecule has 2 heterocycles. The number of anilines is 1. The molecular weight excluding hydrogens is 486 g/mol. The van der Waals surface area contributed by atoms with E-state index in [9.17, 15) is 9.59 Å². The second-order valence-corrected chi connectivity index (χ2v) is 8.39. The van der Waals surface area contributed by atoms with Gasteiger partial charge in [-0.1, -0.05) is 24.3 Å². The molecule has 2 aromatic carbocycles. The van der Waals surface area contributed by atoms with Crippen molar-refractivity contribution in [3.05, 3.63) is 77.5 Å². The van der Waals surface area contributed by atoms with Gasteiger partial charge in [-0.25, -0.2) is 4.98 Å². The van der Waals surface area contributed by atoms with Crippen molar-refractivity contribution in [3.8, 4) is 22.8 Å². The van der Waals surface area contributed by atoms with Gasteiger partial charge < -0.3 is 30.6 Å². The highest BCUT2D eigenvalue weighted by atomic mass is 16.5. The fraction of sp³-hybridized carbons (Fsp3) is 0.250. The van der Waals surface area contributed by atoms with Crippen molar-refractivity contribution in [2.75, 3.05) is 32.7 Å². The van der Waals surface area contributed by atoms with Crippen LogP contribution in [-0.4, -0.2) is 48.6 Å². The fourth-order valence-corrected chi connectivity index (χ4v) is 4.06. The average Bonchev–Trinajstić information content (AvgIpc) is 3.32. The Morgan fingerprint density at radius 2 is 1.79 bits per heavy atom. The zero-order valence-electron chi connectivity index (χ0n) is 21.6. The average molecular weight is 518 g/mol. The number of ether oxygens (including phenoxy) is 3. The van der Waals surface area contributed by atoms with Crippen LogP contribution in [0.3, 0.4) is 0 Å². The minimum absolute atomic E-state index is 0.0496. The van der Waals surface area contributed by atoms with Crippen LogP contribution >= 0.6 is 0 Å². The number of fused-ring (bicyclic) bond motifs is 1. The summed E-state index contributed by atoms with van der Waals surface area (Å²) in [6, 6.07) is 16.6. The molecule has 2 aromatic heterocycles. The van der Waals surface area contributed by atoms with Crippen molar-refractivity contribution in [2.45, 2.75) is 20.0 Å². The molecule has 0 aliphatic heterocycles. The molecule has 0 spiro atoms. The molecule has 4 N–H and O–H groups in total. The number of nitrogens with one attached hydrogen (secondary N) is 2. The number of hydrogen-bond acceptors (Lipinski definition) is 8. The first-order chi connectivity index (χ1) is 18.5. The molecular formula is C28H31N5O5. The smallest absolute Gasteiger partial charge is 0.325 e. The van der Waals surface area contributed by atoms with Gasteiger partial charge in [-0.15, -0.1) is 0 Å². The molecule has 0 bridgehead atoms. The van der Waals surface area contributed by atoms with E-state index in [1.807, 2.05) is 30.3 Å². The summed E-state index contributed by atoms with van der Waals surface area (Å²) in [4.78, 5) is 29.8. The van der Waals surface area contributed by atoms with E-state index in [4.69, 9.17) is 24.9 Å². The van der Waals surface area contributed by atoms with Crippen LogP contribution in [0.4, 0.5) is 5.82 Å². The number of carbonyl (C=O) groups is 2. The highest BCUT2D eigenvalue weighted by Gasteiger charge is 2.19. The molecule has 0 atom stereocenters. The maximum Gasteiger partial charge on any atom is 0.325 e. The number of aromatic nitrogens is 2. The Labute approximate surface area is 220 Å². The number of hydrogen-bond donors (Lipinski definition) is 3. The van der Waals surface area contributed by atoms with Gasteiger partial charge in [0.1, 0.15) is 23.7 Å². The van der Waals surface area contributed by atoms with Crippen LogP contribution in [0.2, 0.25) is 0 Å². The van der Waals surface area contributed by atoms with Crippen LogP contribution < -0.4 is 25.8 Å². The number of methoxy groups -OCH3 is 2. The standard InChI is InChI=1S/C28H31N5O5/c1-4-38-25(34)17-30-27-26(20-8-9-22(36-2)23(13-20)37-3)32-24-14-21(10-11-33(24)27)28(35)31-16-19-7-5-6-18(12-19)15-29/h5-14,30H,4,15-17,29H2,1-3H3,(H,31,35). The van der Waals surface area contributed by atoms with E-state index < -0.39 is 5.97 Å². The Morgan fingerprint density at radius 3 is 2.53 bits per heavy atom. The largest absolute Gasteiger partial charge is 0.493 e. The molecule has 10 nitrogen and oxygen atoms in total. The third-order valence-corrected chi connectivity index (χ3v) is 5.93. The van der Waals surface area contributed by atoms with E-state index in [-0.39, 0.29) is 19.1 Å². The Hall–Kier alpha value is -4.57. The van der Waals surface area contributed by atoms with E-state index in [1.165, 1.54) is 0 Å². The third kappa shape index (κ3) is 5.87. The van der Waals surface area contributed by atoms with Crippen LogP contribution in [0.25, 0.3) is 16.9 Å². The monoisotopic (exact) mass is 517 g/mol. The van der Waals surface area contributed by atoms with Gasteiger partial charge in [0, 0.05) is 30.4 Å². The highest BCUT2D eigenvalue weighted by molar-refractivity contribution is 5.95. The molecule has 0 saturated heterocycles. The number of nitrogens with two attached hydrogens (primary N) is 1. The summed E-state index contributed by atoms with van der Waals surface area (Å²) in [6.45, 7) is 2.79. The number of pyridine rings is 1. The minimum Gasteiger partial charge on any atom is -0.493 e. The molecule has 1 amide bonds. The molecule has 38 heavy (non-hydrogen) atoms. The van der Waals surface area contributed by atoms with E-state index in [2.05, 4.69) is 10.6 Å². The first-order valence-corrected chi connectivity index (χ1v) is 12.2. The normalized spacial score (nSPS) is 10.7. The Bertz CT molecular complexity index is 1450. The molecule has 0 fully saturated rings. The Kier molecular flexibility index (Phi) is 8.44. The fourth-order valence-electron chi connectivity index (χ4n) is 4.06. The summed E-state index contributed by atoms with van der Waals surface area (Å²) in [7, 11) is 3.12. The van der Waals surface area contributed by atoms with Crippen molar-refractivity contribution in [3.63, 3.8) is 0 Å². The maximum absolute atomic E-state index is 12.9. The number of esters is 1. The molecule has 10 heteroatoms. The predicted molar refractivity (Wildman–Crippen MR) is 144 cm³/mol. The van der Waals surface area contributed by atoms with E-state index >= 15 is 0 Å². The molecule has 0 unspecified atom stereocenters. The summed E-state index contributed by atoms with van der Waals surface area (Å²) in [5, 5.41) is 6.08. The van der Waals surface area contributed by atoms with Gasteiger partial charge in [0.25, 0.3) is 5.91 Å². The van der Waals surface area contributed by atoms with Crippen molar-refractivity contribution >= 4 is 23.3 Å². The van der Waals surface area contributed by atoms with Crippen LogP contribution in [-0.2, 0) is 22.6 Å². The summed E-state index contributed by atoms with van der Waals surface area (Å²) >= 11 is 0. The first kappa shape index (κ1) is 26.5. The quantitative estimate of drug-likeness (QED) is 0.258. The van der Waals surface area contributed by atoms with Crippen molar-refractivity contribution in [2.24, 2.45) is 5.73 Å². The van der Waals surface area contributed by atoms with Crippen LogP contribution in [0.5, 0.6) is 11.5 Å². The number of amides is 1. The SMILES string of the molecule is CCOC(=O)CNc1c(-c2ccc(OC)c(OC)c2)nc2cc(C(=O)NCc3cccc(CN)c3)ccn12. The zero-order valence-corrected chi connectivity index (χ0v) is 21.6. The number of rotatable bonds is 11. The number of carbonyl (C=O) groups excluding carboxylic acids is 2. The number of nitrogens with zero attached hydrogens (tertiary/aromatic N) is 2. The lowest BCUT2D eigenvalue weighted by Gasteiger charge is -2.11. The number of imidazole rings is 1. The van der Waals surface area contributed by atoms with Crippen molar-refractivity contribution in [1.82, 2.24) is 14.7 Å². The van der Waals surface area contributed by atoms with Crippen LogP contribution in [0, 0.1) is 0 Å². The Balaban J connectivity index is 1.66. The minimum atomic E-state index is -0.393. The summed E-state index contributed by atoms with van der Waals surface area (Å²) in [6.07, 6.45) is 1.74. The van der Waals surface area contributed by atoms with E-state index in [1.54, 1.807) is 56.0 Å². The molecule has 4 rings (SSSR count). The second-order valence-electron chi connectivity index (χ2n) is 8.39. The Morgan fingerprint density at radius 1 is 1.00 bits per heavy atom. The van der Waals surface area contributed by atoms with E-state index in [0.29, 0.717) is 47.3 Å². The molecule has 0 saturated carbocycles. The predicted octanol–water partition coefficient (Wildman–Crippen LogP) is 3.38. The van der Waals surface area contributed by atoms with Gasteiger partial charge in [0.15, 0.2) is 11.5 Å². The molecule has 198 valence electrons. The van der Waals surface area contributed by atoms with E-state index in [0.717, 1.165) is 16.7 Å². The first-order valence-electron chi connectivity index (χ1n) is 12.2. The highest BCUT2D eigenvalue weighted by Crippen LogP contribution is 2.35. The lowest BCUT2D eigenvalue weighted by atomic mass is 10.1. The third-order valence-electron chi connectivity index (χ3n) is 5.93. The molecule has 0 aliphatic rings. The maximum atomic E-state index is 12.9. The van der Waals surface area contributed by atoms with Gasteiger partial charge in [0.05, 0.1) is 20.8 Å². The lowest BCUT2D eigenvalue weighted by Crippen LogP contribution is -2.23. The topological polar surface area (TPSA) is 129 Å². The van der Waals surface area contributed by atoms with Gasteiger partial charge >= 0.3 is 5.97 Å².